The molecule has 0 aliphatic carbocycles. The molecule has 0 saturated carbocycles. The molecule has 0 unspecified atom stereocenters. The van der Waals surface area contributed by atoms with Gasteiger partial charge in [-0.15, -0.1) is 0 Å². The van der Waals surface area contributed by atoms with Gasteiger partial charge in [0.05, 0.1) is 18.9 Å². The number of hydrogen-bond donors (Lipinski definition) is 2. The van der Waals surface area contributed by atoms with Gasteiger partial charge in [-0.05, 0) is 0 Å². The minimum Gasteiger partial charge on any atom is -0.619 e. The minimum atomic E-state index is -0.804. The van der Waals surface area contributed by atoms with E-state index in [9.17, 15) is 15.1 Å². The average Bonchev–Trinajstić information content (AvgIpc) is 2.59. The van der Waals surface area contributed by atoms with E-state index in [1.807, 2.05) is 0 Å². The molecule has 0 bridgehead atoms. The van der Waals surface area contributed by atoms with E-state index in [2.05, 4.69) is 0 Å². The molecule has 2 heterocycles. The first-order valence-corrected chi connectivity index (χ1v) is 4.87. The van der Waals surface area contributed by atoms with E-state index in [1.165, 1.54) is 17.0 Å². The second-order valence-electron chi connectivity index (χ2n) is 3.65. The normalized spacial score (nSPS) is 29.5. The maximum absolute atomic E-state index is 11.4. The van der Waals surface area contributed by atoms with Crippen LogP contribution in [0.5, 0.6) is 0 Å². The molecule has 0 radical (unpaired) electrons. The molecule has 1 fully saturated rings. The monoisotopic (exact) mass is 228 g/mol. The SMILES string of the molecule is O=c1c[n+]([O-])ccn1[C@@H]1C[C@H](O)[C@@H](CO)O1. The summed E-state index contributed by atoms with van der Waals surface area (Å²) < 4.78 is 6.89. The molecule has 1 saturated heterocycles. The molecule has 7 nitrogen and oxygen atoms in total. The highest BCUT2D eigenvalue weighted by Crippen LogP contribution is 2.26. The Morgan fingerprint density at radius 1 is 1.69 bits per heavy atom. The average molecular weight is 228 g/mol. The summed E-state index contributed by atoms with van der Waals surface area (Å²) in [4.78, 5) is 11.4. The molecule has 0 amide bonds. The standard InChI is InChI=1S/C9H12N2O5/c12-5-7-6(13)3-9(16-7)11-2-1-10(15)4-8(11)14/h1-2,4,6-7,9,12-13H,3,5H2/t6-,7+,9-/m0/s1. The van der Waals surface area contributed by atoms with Crippen LogP contribution in [0.3, 0.4) is 0 Å². The summed E-state index contributed by atoms with van der Waals surface area (Å²) in [5.41, 5.74) is -0.506. The summed E-state index contributed by atoms with van der Waals surface area (Å²) >= 11 is 0. The minimum absolute atomic E-state index is 0.216. The van der Waals surface area contributed by atoms with Crippen LogP contribution < -0.4 is 10.3 Å². The van der Waals surface area contributed by atoms with E-state index in [1.54, 1.807) is 0 Å². The Hall–Kier alpha value is -1.44. The first kappa shape index (κ1) is 11.1. The lowest BCUT2D eigenvalue weighted by atomic mass is 10.2. The summed E-state index contributed by atoms with van der Waals surface area (Å²) in [6.07, 6.45) is 1.44. The van der Waals surface area contributed by atoms with Crippen LogP contribution in [0.2, 0.25) is 0 Å². The van der Waals surface area contributed by atoms with E-state index < -0.39 is 24.0 Å². The van der Waals surface area contributed by atoms with Crippen LogP contribution in [-0.4, -0.2) is 33.6 Å². The summed E-state index contributed by atoms with van der Waals surface area (Å²) in [5.74, 6) is 0. The number of hydrogen-bond acceptors (Lipinski definition) is 5. The quantitative estimate of drug-likeness (QED) is 0.456. The maximum atomic E-state index is 11.4. The fourth-order valence-corrected chi connectivity index (χ4v) is 1.72. The van der Waals surface area contributed by atoms with Gasteiger partial charge in [-0.2, -0.15) is 4.73 Å². The van der Waals surface area contributed by atoms with Crippen LogP contribution in [-0.2, 0) is 4.74 Å². The highest BCUT2D eigenvalue weighted by molar-refractivity contribution is 4.85. The second-order valence-corrected chi connectivity index (χ2v) is 3.65. The molecule has 2 rings (SSSR count). The Bertz CT molecular complexity index is 432. The molecule has 88 valence electrons. The van der Waals surface area contributed by atoms with Crippen LogP contribution in [0.1, 0.15) is 12.6 Å². The van der Waals surface area contributed by atoms with Crippen molar-refractivity contribution < 1.29 is 19.7 Å². The van der Waals surface area contributed by atoms with Crippen molar-refractivity contribution in [2.75, 3.05) is 6.61 Å². The van der Waals surface area contributed by atoms with Crippen LogP contribution in [0, 0.1) is 5.21 Å². The van der Waals surface area contributed by atoms with Gasteiger partial charge in [0.2, 0.25) is 6.20 Å². The number of nitrogens with zero attached hydrogens (tertiary/aromatic N) is 2. The molecule has 1 aliphatic heterocycles. The van der Waals surface area contributed by atoms with Gasteiger partial charge in [-0.1, -0.05) is 0 Å². The third-order valence-corrected chi connectivity index (χ3v) is 2.56. The van der Waals surface area contributed by atoms with E-state index in [0.717, 1.165) is 6.20 Å². The molecular weight excluding hydrogens is 216 g/mol. The lowest BCUT2D eigenvalue weighted by Crippen LogP contribution is -2.36. The van der Waals surface area contributed by atoms with Gasteiger partial charge in [0, 0.05) is 6.42 Å². The highest BCUT2D eigenvalue weighted by Gasteiger charge is 2.34. The van der Waals surface area contributed by atoms with Crippen molar-refractivity contribution in [1.82, 2.24) is 4.57 Å². The third kappa shape index (κ3) is 1.92. The number of aliphatic hydroxyl groups excluding tert-OH is 2. The van der Waals surface area contributed by atoms with Gasteiger partial charge in [0.15, 0.2) is 6.20 Å². The predicted octanol–water partition coefficient (Wildman–Crippen LogP) is -1.88. The van der Waals surface area contributed by atoms with E-state index in [-0.39, 0.29) is 13.0 Å². The first-order valence-electron chi connectivity index (χ1n) is 4.87. The third-order valence-electron chi connectivity index (χ3n) is 2.56. The van der Waals surface area contributed by atoms with Crippen molar-refractivity contribution >= 4 is 0 Å². The van der Waals surface area contributed by atoms with Crippen molar-refractivity contribution in [2.24, 2.45) is 0 Å². The number of aliphatic hydroxyl groups is 2. The molecule has 1 aliphatic rings. The zero-order chi connectivity index (χ0) is 11.7. The van der Waals surface area contributed by atoms with Crippen LogP contribution in [0.4, 0.5) is 0 Å². The Labute approximate surface area is 90.7 Å². The first-order chi connectivity index (χ1) is 7.61. The number of ether oxygens (including phenoxy) is 1. The topological polar surface area (TPSA) is 98.6 Å². The van der Waals surface area contributed by atoms with E-state index in [0.29, 0.717) is 4.73 Å². The van der Waals surface area contributed by atoms with Gasteiger partial charge in [-0.3, -0.25) is 9.36 Å². The van der Waals surface area contributed by atoms with Crippen molar-refractivity contribution in [3.63, 3.8) is 0 Å². The van der Waals surface area contributed by atoms with Gasteiger partial charge >= 0.3 is 5.56 Å². The van der Waals surface area contributed by atoms with Crippen molar-refractivity contribution in [1.29, 1.82) is 0 Å². The van der Waals surface area contributed by atoms with E-state index in [4.69, 9.17) is 9.84 Å². The molecule has 7 heteroatoms. The summed E-state index contributed by atoms with van der Waals surface area (Å²) in [7, 11) is 0. The Kier molecular flexibility index (Phi) is 2.90. The molecule has 1 aromatic heterocycles. The maximum Gasteiger partial charge on any atom is 0.318 e. The van der Waals surface area contributed by atoms with Crippen molar-refractivity contribution in [3.8, 4) is 0 Å². The Morgan fingerprint density at radius 3 is 3.00 bits per heavy atom. The van der Waals surface area contributed by atoms with Crippen LogP contribution in [0.25, 0.3) is 0 Å². The predicted molar refractivity (Wildman–Crippen MR) is 51.3 cm³/mol. The number of aromatic nitrogens is 2. The van der Waals surface area contributed by atoms with Gasteiger partial charge in [0.1, 0.15) is 12.3 Å². The Balaban J connectivity index is 2.23. The van der Waals surface area contributed by atoms with Crippen LogP contribution in [0.15, 0.2) is 23.4 Å². The molecule has 0 spiro atoms. The molecule has 2 N–H and O–H groups in total. The number of rotatable bonds is 2. The lowest BCUT2D eigenvalue weighted by Gasteiger charge is -2.13. The zero-order valence-corrected chi connectivity index (χ0v) is 8.39. The summed E-state index contributed by atoms with van der Waals surface area (Å²) in [6.45, 7) is -0.305. The lowest BCUT2D eigenvalue weighted by molar-refractivity contribution is -0.607. The second kappa shape index (κ2) is 4.20. The summed E-state index contributed by atoms with van der Waals surface area (Å²) in [6, 6.07) is 0. The fourth-order valence-electron chi connectivity index (χ4n) is 1.72. The van der Waals surface area contributed by atoms with Gasteiger partial charge in [0.25, 0.3) is 0 Å². The largest absolute Gasteiger partial charge is 0.619 e. The smallest absolute Gasteiger partial charge is 0.318 e. The highest BCUT2D eigenvalue weighted by atomic mass is 16.5. The van der Waals surface area contributed by atoms with Gasteiger partial charge in [-0.25, -0.2) is 0 Å². The Morgan fingerprint density at radius 2 is 2.44 bits per heavy atom. The van der Waals surface area contributed by atoms with Crippen molar-refractivity contribution in [2.45, 2.75) is 24.9 Å². The zero-order valence-electron chi connectivity index (χ0n) is 8.39. The molecule has 1 aromatic rings. The molecular formula is C9H12N2O5. The molecule has 16 heavy (non-hydrogen) atoms. The van der Waals surface area contributed by atoms with Crippen molar-refractivity contribution in [3.05, 3.63) is 34.2 Å². The molecule has 0 aromatic carbocycles. The van der Waals surface area contributed by atoms with Gasteiger partial charge < -0.3 is 20.2 Å². The van der Waals surface area contributed by atoms with E-state index >= 15 is 0 Å². The summed E-state index contributed by atoms with van der Waals surface area (Å²) in [5, 5.41) is 29.2. The molecule has 3 atom stereocenters. The fraction of sp³-hybridized carbons (Fsp3) is 0.556. The van der Waals surface area contributed by atoms with Crippen LogP contribution >= 0.6 is 0 Å².